The largest absolute Gasteiger partial charge is 0.481 e. The third-order valence-corrected chi connectivity index (χ3v) is 4.55. The van der Waals surface area contributed by atoms with Gasteiger partial charge in [0.05, 0.1) is 6.42 Å². The minimum atomic E-state index is -0.781. The summed E-state index contributed by atoms with van der Waals surface area (Å²) in [6.07, 6.45) is 4.51. The van der Waals surface area contributed by atoms with Gasteiger partial charge in [0.25, 0.3) is 0 Å². The lowest BCUT2D eigenvalue weighted by Gasteiger charge is -2.35. The minimum absolute atomic E-state index is 0.00312. The molecule has 0 aliphatic carbocycles. The first kappa shape index (κ1) is 18.9. The van der Waals surface area contributed by atoms with E-state index in [0.29, 0.717) is 24.2 Å². The Morgan fingerprint density at radius 3 is 2.60 bits per heavy atom. The molecule has 7 heteroatoms. The zero-order valence-corrected chi connectivity index (χ0v) is 14.3. The van der Waals surface area contributed by atoms with Gasteiger partial charge >= 0.3 is 5.97 Å². The molecule has 1 fully saturated rings. The number of nitrogens with two attached hydrogens (primary N) is 1. The number of carbonyl (C=O) groups is 2. The smallest absolute Gasteiger partial charge is 0.304 e. The van der Waals surface area contributed by atoms with E-state index < -0.39 is 5.97 Å². The van der Waals surface area contributed by atoms with E-state index in [2.05, 4.69) is 10.2 Å². The molecule has 1 aromatic carbocycles. The number of carbonyl (C=O) groups excluding carboxylic acids is 1. The fourth-order valence-corrected chi connectivity index (χ4v) is 3.17. The Labute approximate surface area is 147 Å². The van der Waals surface area contributed by atoms with Crippen LogP contribution < -0.4 is 11.1 Å². The maximum Gasteiger partial charge on any atom is 0.304 e. The number of anilines is 1. The second-order valence-electron chi connectivity index (χ2n) is 6.41. The number of aliphatic carboxylic acids is 1. The summed E-state index contributed by atoms with van der Waals surface area (Å²) in [6.45, 7) is 1.46. The third-order valence-electron chi connectivity index (χ3n) is 4.55. The number of benzene rings is 1. The first-order valence-electron chi connectivity index (χ1n) is 8.66. The fraction of sp³-hybridized carbons (Fsp3) is 0.500. The molecule has 1 heterocycles. The molecular formula is C18H26N4O3. The quantitative estimate of drug-likeness (QED) is 0.424. The molecule has 1 aliphatic heterocycles. The molecule has 5 N–H and O–H groups in total. The first-order chi connectivity index (χ1) is 12.0. The number of hydrogen-bond acceptors (Lipinski definition) is 4. The lowest BCUT2D eigenvalue weighted by molar-refractivity contribution is -0.137. The summed E-state index contributed by atoms with van der Waals surface area (Å²) < 4.78 is 0. The highest BCUT2D eigenvalue weighted by molar-refractivity contribution is 5.96. The second kappa shape index (κ2) is 9.17. The van der Waals surface area contributed by atoms with Crippen molar-refractivity contribution in [3.05, 3.63) is 29.8 Å². The summed E-state index contributed by atoms with van der Waals surface area (Å²) in [5.41, 5.74) is 6.71. The van der Waals surface area contributed by atoms with Crippen LogP contribution in [0.2, 0.25) is 0 Å². The number of nitrogens with one attached hydrogen (secondary N) is 2. The number of likely N-dealkylation sites (tertiary alicyclic amines) is 1. The molecule has 1 aromatic rings. The van der Waals surface area contributed by atoms with Gasteiger partial charge in [-0.2, -0.15) is 0 Å². The summed E-state index contributed by atoms with van der Waals surface area (Å²) in [7, 11) is 0. The van der Waals surface area contributed by atoms with Gasteiger partial charge in [-0.15, -0.1) is 0 Å². The normalized spacial score (nSPS) is 17.8. The zero-order chi connectivity index (χ0) is 18.2. The molecule has 0 aromatic heterocycles. The van der Waals surface area contributed by atoms with Gasteiger partial charge in [0, 0.05) is 30.3 Å². The van der Waals surface area contributed by atoms with E-state index in [1.165, 1.54) is 0 Å². The van der Waals surface area contributed by atoms with Crippen LogP contribution in [-0.2, 0) is 9.59 Å². The number of hydrogen-bond donors (Lipinski definition) is 4. The van der Waals surface area contributed by atoms with Crippen LogP contribution in [0.15, 0.2) is 24.3 Å². The molecule has 0 radical (unpaired) electrons. The van der Waals surface area contributed by atoms with Crippen LogP contribution in [0, 0.1) is 5.41 Å². The van der Waals surface area contributed by atoms with E-state index in [4.69, 9.17) is 16.2 Å². The van der Waals surface area contributed by atoms with Gasteiger partial charge in [-0.3, -0.25) is 19.9 Å². The van der Waals surface area contributed by atoms with Gasteiger partial charge in [-0.1, -0.05) is 6.42 Å². The standard InChI is InChI=1S/C18H26N4O3/c19-18(20)13-4-6-14(7-5-13)21-16(23)9-8-15-3-1-2-11-22(15)12-10-17(24)25/h4-7,15H,1-3,8-12H2,(H3,19,20)(H,21,23)(H,24,25). The van der Waals surface area contributed by atoms with E-state index in [0.717, 1.165) is 32.2 Å². The molecular weight excluding hydrogens is 320 g/mol. The maximum absolute atomic E-state index is 12.2. The molecule has 2 rings (SSSR count). The minimum Gasteiger partial charge on any atom is -0.481 e. The predicted octanol–water partition coefficient (Wildman–Crippen LogP) is 2.02. The van der Waals surface area contributed by atoms with Gasteiger partial charge < -0.3 is 16.2 Å². The van der Waals surface area contributed by atoms with Crippen molar-refractivity contribution < 1.29 is 14.7 Å². The monoisotopic (exact) mass is 346 g/mol. The van der Waals surface area contributed by atoms with Crippen LogP contribution in [0.25, 0.3) is 0 Å². The molecule has 1 saturated heterocycles. The summed E-state index contributed by atoms with van der Waals surface area (Å²) in [5, 5.41) is 19.1. The Balaban J connectivity index is 1.81. The van der Waals surface area contributed by atoms with Gasteiger partial charge in [-0.05, 0) is 50.1 Å². The van der Waals surface area contributed by atoms with Crippen molar-refractivity contribution in [1.29, 1.82) is 5.41 Å². The Morgan fingerprint density at radius 2 is 1.96 bits per heavy atom. The van der Waals surface area contributed by atoms with Gasteiger partial charge in [0.1, 0.15) is 5.84 Å². The molecule has 25 heavy (non-hydrogen) atoms. The van der Waals surface area contributed by atoms with Gasteiger partial charge in [-0.25, -0.2) is 0 Å². The number of rotatable bonds is 8. The van der Waals surface area contributed by atoms with Gasteiger partial charge in [0.15, 0.2) is 0 Å². The predicted molar refractivity (Wildman–Crippen MR) is 96.8 cm³/mol. The highest BCUT2D eigenvalue weighted by Crippen LogP contribution is 2.21. The van der Waals surface area contributed by atoms with E-state index in [-0.39, 0.29) is 24.2 Å². The molecule has 136 valence electrons. The van der Waals surface area contributed by atoms with Crippen LogP contribution >= 0.6 is 0 Å². The Kier molecular flexibility index (Phi) is 6.94. The van der Waals surface area contributed by atoms with E-state index in [1.807, 2.05) is 0 Å². The summed E-state index contributed by atoms with van der Waals surface area (Å²) in [5.74, 6) is -0.841. The van der Waals surface area contributed by atoms with Crippen LogP contribution in [0.4, 0.5) is 5.69 Å². The molecule has 0 spiro atoms. The molecule has 1 atom stereocenters. The van der Waals surface area contributed by atoms with Crippen LogP contribution in [0.3, 0.4) is 0 Å². The molecule has 0 saturated carbocycles. The highest BCUT2D eigenvalue weighted by Gasteiger charge is 2.23. The number of amidine groups is 1. The van der Waals surface area contributed by atoms with Gasteiger partial charge in [0.2, 0.25) is 5.91 Å². The van der Waals surface area contributed by atoms with Crippen molar-refractivity contribution >= 4 is 23.4 Å². The number of amides is 1. The number of piperidine rings is 1. The highest BCUT2D eigenvalue weighted by atomic mass is 16.4. The fourth-order valence-electron chi connectivity index (χ4n) is 3.17. The van der Waals surface area contributed by atoms with Crippen LogP contribution in [0.5, 0.6) is 0 Å². The molecule has 1 unspecified atom stereocenters. The van der Waals surface area contributed by atoms with Crippen molar-refractivity contribution in [2.24, 2.45) is 5.73 Å². The number of nitrogen functional groups attached to an aromatic ring is 1. The van der Waals surface area contributed by atoms with E-state index in [9.17, 15) is 9.59 Å². The maximum atomic E-state index is 12.2. The SMILES string of the molecule is N=C(N)c1ccc(NC(=O)CCC2CCCCN2CCC(=O)O)cc1. The van der Waals surface area contributed by atoms with E-state index >= 15 is 0 Å². The molecule has 1 aliphatic rings. The molecule has 1 amide bonds. The summed E-state index contributed by atoms with van der Waals surface area (Å²) >= 11 is 0. The van der Waals surface area contributed by atoms with Crippen molar-refractivity contribution in [3.63, 3.8) is 0 Å². The summed E-state index contributed by atoms with van der Waals surface area (Å²) in [4.78, 5) is 25.1. The molecule has 0 bridgehead atoms. The van der Waals surface area contributed by atoms with Crippen molar-refractivity contribution in [2.45, 2.75) is 44.6 Å². The summed E-state index contributed by atoms with van der Waals surface area (Å²) in [6, 6.07) is 7.14. The Morgan fingerprint density at radius 1 is 1.24 bits per heavy atom. The number of carboxylic acids is 1. The first-order valence-corrected chi connectivity index (χ1v) is 8.66. The third kappa shape index (κ3) is 6.19. The molecule has 7 nitrogen and oxygen atoms in total. The van der Waals surface area contributed by atoms with Crippen LogP contribution in [0.1, 0.15) is 44.1 Å². The lowest BCUT2D eigenvalue weighted by atomic mass is 9.97. The topological polar surface area (TPSA) is 120 Å². The number of carboxylic acid groups (broad SMARTS) is 1. The lowest BCUT2D eigenvalue weighted by Crippen LogP contribution is -2.41. The second-order valence-corrected chi connectivity index (χ2v) is 6.41. The Bertz CT molecular complexity index is 615. The zero-order valence-electron chi connectivity index (χ0n) is 14.3. The van der Waals surface area contributed by atoms with Crippen molar-refractivity contribution in [2.75, 3.05) is 18.4 Å². The average Bonchev–Trinajstić information content (AvgIpc) is 2.59. The van der Waals surface area contributed by atoms with Crippen LogP contribution in [-0.4, -0.2) is 46.8 Å². The average molecular weight is 346 g/mol. The number of nitrogens with zero attached hydrogens (tertiary/aromatic N) is 1. The van der Waals surface area contributed by atoms with Crippen molar-refractivity contribution in [1.82, 2.24) is 4.90 Å². The Hall–Kier alpha value is -2.41. The van der Waals surface area contributed by atoms with Crippen molar-refractivity contribution in [3.8, 4) is 0 Å². The van der Waals surface area contributed by atoms with E-state index in [1.54, 1.807) is 24.3 Å².